The smallest absolute Gasteiger partial charge is 0.224 e. The van der Waals surface area contributed by atoms with E-state index in [9.17, 15) is 0 Å². The van der Waals surface area contributed by atoms with Crippen LogP contribution in [0.4, 0.5) is 5.95 Å². The third-order valence-electron chi connectivity index (χ3n) is 2.39. The van der Waals surface area contributed by atoms with E-state index < -0.39 is 0 Å². The number of nitrogens with zero attached hydrogens (tertiary/aromatic N) is 4. The molecule has 0 radical (unpaired) electrons. The van der Waals surface area contributed by atoms with Gasteiger partial charge < -0.3 is 11.1 Å². The van der Waals surface area contributed by atoms with Crippen molar-refractivity contribution in [2.24, 2.45) is 12.8 Å². The molecule has 84 valence electrons. The van der Waals surface area contributed by atoms with Gasteiger partial charge in [0.2, 0.25) is 5.95 Å². The predicted octanol–water partition coefficient (Wildman–Crippen LogP) is 0.377. The van der Waals surface area contributed by atoms with Gasteiger partial charge in [0.25, 0.3) is 0 Å². The van der Waals surface area contributed by atoms with Gasteiger partial charge in [-0.15, -0.1) is 10.2 Å². The van der Waals surface area contributed by atoms with Crippen molar-refractivity contribution in [2.75, 3.05) is 12.4 Å². The van der Waals surface area contributed by atoms with E-state index in [-0.39, 0.29) is 0 Å². The Labute approximate surface area is 93.5 Å². The highest BCUT2D eigenvalue weighted by Gasteiger charge is 2.10. The standard InChI is InChI=1S/C10H14N6/c1-12-10-15-14-9(16(10)2)8-4-3-7(5-11)6-13-8/h3-4,6H,5,11H2,1-2H3,(H,12,15). The van der Waals surface area contributed by atoms with Crippen molar-refractivity contribution in [3.8, 4) is 11.5 Å². The molecule has 6 nitrogen and oxygen atoms in total. The first-order chi connectivity index (χ1) is 7.76. The fourth-order valence-electron chi connectivity index (χ4n) is 1.45. The fraction of sp³-hybridized carbons (Fsp3) is 0.300. The lowest BCUT2D eigenvalue weighted by atomic mass is 10.2. The van der Waals surface area contributed by atoms with Crippen LogP contribution in [0.15, 0.2) is 18.3 Å². The third-order valence-corrected chi connectivity index (χ3v) is 2.39. The summed E-state index contributed by atoms with van der Waals surface area (Å²) in [5.74, 6) is 1.44. The summed E-state index contributed by atoms with van der Waals surface area (Å²) in [6.45, 7) is 0.494. The quantitative estimate of drug-likeness (QED) is 0.778. The second kappa shape index (κ2) is 4.28. The van der Waals surface area contributed by atoms with Crippen LogP contribution in [0.25, 0.3) is 11.5 Å². The van der Waals surface area contributed by atoms with E-state index in [0.717, 1.165) is 17.1 Å². The van der Waals surface area contributed by atoms with Crippen molar-refractivity contribution in [3.05, 3.63) is 23.9 Å². The highest BCUT2D eigenvalue weighted by molar-refractivity contribution is 5.52. The molecular formula is C10H14N6. The molecule has 0 aliphatic rings. The lowest BCUT2D eigenvalue weighted by molar-refractivity contribution is 0.917. The first-order valence-electron chi connectivity index (χ1n) is 4.98. The lowest BCUT2D eigenvalue weighted by Gasteiger charge is -2.03. The molecule has 0 aromatic carbocycles. The van der Waals surface area contributed by atoms with Crippen LogP contribution in [-0.4, -0.2) is 26.8 Å². The van der Waals surface area contributed by atoms with Crippen LogP contribution in [-0.2, 0) is 13.6 Å². The number of aromatic nitrogens is 4. The van der Waals surface area contributed by atoms with Gasteiger partial charge in [0, 0.05) is 26.8 Å². The summed E-state index contributed by atoms with van der Waals surface area (Å²) in [6.07, 6.45) is 1.75. The molecule has 0 saturated heterocycles. The van der Waals surface area contributed by atoms with Crippen molar-refractivity contribution in [2.45, 2.75) is 6.54 Å². The second-order valence-electron chi connectivity index (χ2n) is 3.41. The van der Waals surface area contributed by atoms with Gasteiger partial charge in [0.1, 0.15) is 5.69 Å². The van der Waals surface area contributed by atoms with Gasteiger partial charge in [0.05, 0.1) is 0 Å². The number of nitrogens with two attached hydrogens (primary N) is 1. The Kier molecular flexibility index (Phi) is 2.82. The van der Waals surface area contributed by atoms with Gasteiger partial charge in [-0.1, -0.05) is 6.07 Å². The Balaban J connectivity index is 2.38. The molecule has 0 spiro atoms. The van der Waals surface area contributed by atoms with Gasteiger partial charge in [-0.2, -0.15) is 0 Å². The SMILES string of the molecule is CNc1nnc(-c2ccc(CN)cn2)n1C. The number of pyridine rings is 1. The van der Waals surface area contributed by atoms with Crippen molar-refractivity contribution in [3.63, 3.8) is 0 Å². The molecule has 2 aromatic heterocycles. The first kappa shape index (κ1) is 10.6. The number of hydrogen-bond acceptors (Lipinski definition) is 5. The molecular weight excluding hydrogens is 204 g/mol. The summed E-state index contributed by atoms with van der Waals surface area (Å²) in [7, 11) is 3.69. The van der Waals surface area contributed by atoms with E-state index in [4.69, 9.17) is 5.73 Å². The van der Waals surface area contributed by atoms with Crippen LogP contribution in [0.2, 0.25) is 0 Å². The van der Waals surface area contributed by atoms with Gasteiger partial charge in [-0.05, 0) is 11.6 Å². The van der Waals surface area contributed by atoms with E-state index in [2.05, 4.69) is 20.5 Å². The molecule has 0 atom stereocenters. The van der Waals surface area contributed by atoms with Gasteiger partial charge in [0.15, 0.2) is 5.82 Å². The van der Waals surface area contributed by atoms with Gasteiger partial charge >= 0.3 is 0 Å². The molecule has 3 N–H and O–H groups in total. The molecule has 2 heterocycles. The normalized spacial score (nSPS) is 10.4. The Hall–Kier alpha value is -1.95. The van der Waals surface area contributed by atoms with Gasteiger partial charge in [-0.3, -0.25) is 9.55 Å². The van der Waals surface area contributed by atoms with Crippen molar-refractivity contribution in [1.82, 2.24) is 19.7 Å². The molecule has 0 fully saturated rings. The summed E-state index contributed by atoms with van der Waals surface area (Å²) in [4.78, 5) is 4.30. The summed E-state index contributed by atoms with van der Waals surface area (Å²) >= 11 is 0. The predicted molar refractivity (Wildman–Crippen MR) is 61.7 cm³/mol. The van der Waals surface area contributed by atoms with E-state index in [1.54, 1.807) is 13.2 Å². The van der Waals surface area contributed by atoms with Crippen LogP contribution >= 0.6 is 0 Å². The average molecular weight is 218 g/mol. The average Bonchev–Trinajstić information content (AvgIpc) is 2.70. The number of nitrogens with one attached hydrogen (secondary N) is 1. The molecule has 16 heavy (non-hydrogen) atoms. The fourth-order valence-corrected chi connectivity index (χ4v) is 1.45. The number of rotatable bonds is 3. The minimum absolute atomic E-state index is 0.494. The Morgan fingerprint density at radius 3 is 2.69 bits per heavy atom. The van der Waals surface area contributed by atoms with E-state index in [0.29, 0.717) is 12.5 Å². The highest BCUT2D eigenvalue weighted by Crippen LogP contribution is 2.16. The van der Waals surface area contributed by atoms with Crippen LogP contribution in [0.1, 0.15) is 5.56 Å². The van der Waals surface area contributed by atoms with E-state index in [1.165, 1.54) is 0 Å². The minimum Gasteiger partial charge on any atom is -0.357 e. The molecule has 2 rings (SSSR count). The summed E-state index contributed by atoms with van der Waals surface area (Å²) in [5, 5.41) is 11.0. The summed E-state index contributed by atoms with van der Waals surface area (Å²) in [6, 6.07) is 3.84. The maximum atomic E-state index is 5.51. The van der Waals surface area contributed by atoms with Crippen molar-refractivity contribution < 1.29 is 0 Å². The molecule has 0 aliphatic carbocycles. The number of anilines is 1. The van der Waals surface area contributed by atoms with Crippen LogP contribution in [0, 0.1) is 0 Å². The van der Waals surface area contributed by atoms with Crippen LogP contribution in [0.3, 0.4) is 0 Å². The molecule has 0 bridgehead atoms. The first-order valence-corrected chi connectivity index (χ1v) is 4.98. The second-order valence-corrected chi connectivity index (χ2v) is 3.41. The zero-order valence-corrected chi connectivity index (χ0v) is 9.31. The molecule has 0 amide bonds. The Morgan fingerprint density at radius 1 is 1.38 bits per heavy atom. The Morgan fingerprint density at radius 2 is 2.19 bits per heavy atom. The number of hydrogen-bond donors (Lipinski definition) is 2. The van der Waals surface area contributed by atoms with E-state index >= 15 is 0 Å². The third kappa shape index (κ3) is 1.74. The maximum absolute atomic E-state index is 5.51. The lowest BCUT2D eigenvalue weighted by Crippen LogP contribution is -2.01. The molecule has 0 aliphatic heterocycles. The van der Waals surface area contributed by atoms with E-state index in [1.807, 2.05) is 23.7 Å². The van der Waals surface area contributed by atoms with Gasteiger partial charge in [-0.25, -0.2) is 0 Å². The summed E-state index contributed by atoms with van der Waals surface area (Å²) < 4.78 is 1.85. The van der Waals surface area contributed by atoms with Crippen LogP contribution < -0.4 is 11.1 Å². The molecule has 6 heteroatoms. The zero-order chi connectivity index (χ0) is 11.5. The van der Waals surface area contributed by atoms with Crippen molar-refractivity contribution in [1.29, 1.82) is 0 Å². The maximum Gasteiger partial charge on any atom is 0.224 e. The van der Waals surface area contributed by atoms with Crippen LogP contribution in [0.5, 0.6) is 0 Å². The molecule has 0 saturated carbocycles. The Bertz CT molecular complexity index is 473. The minimum atomic E-state index is 0.494. The zero-order valence-electron chi connectivity index (χ0n) is 9.31. The monoisotopic (exact) mass is 218 g/mol. The largest absolute Gasteiger partial charge is 0.357 e. The van der Waals surface area contributed by atoms with Crippen molar-refractivity contribution >= 4 is 5.95 Å². The molecule has 2 aromatic rings. The highest BCUT2D eigenvalue weighted by atomic mass is 15.3. The topological polar surface area (TPSA) is 81.7 Å². The molecule has 0 unspecified atom stereocenters. The summed E-state index contributed by atoms with van der Waals surface area (Å²) in [5.41, 5.74) is 7.30.